The summed E-state index contributed by atoms with van der Waals surface area (Å²) in [5.74, 6) is 1.89. The summed E-state index contributed by atoms with van der Waals surface area (Å²) in [4.78, 5) is 7.80. The van der Waals surface area contributed by atoms with Crippen molar-refractivity contribution in [3.63, 3.8) is 0 Å². The SMILES string of the molecule is OC(CC1CCCN1Cc1nc(-c2cccs2)no1)c1ccco1. The van der Waals surface area contributed by atoms with Gasteiger partial charge in [-0.2, -0.15) is 4.98 Å². The van der Waals surface area contributed by atoms with Gasteiger partial charge in [-0.05, 0) is 49.4 Å². The molecule has 2 unspecified atom stereocenters. The maximum Gasteiger partial charge on any atom is 0.241 e. The predicted octanol–water partition coefficient (Wildman–Crippen LogP) is 3.48. The van der Waals surface area contributed by atoms with Gasteiger partial charge in [-0.3, -0.25) is 4.90 Å². The second-order valence-electron chi connectivity index (χ2n) is 6.02. The molecule has 0 radical (unpaired) electrons. The van der Waals surface area contributed by atoms with Crippen molar-refractivity contribution >= 4 is 11.3 Å². The molecule has 2 atom stereocenters. The standard InChI is InChI=1S/C17H19N3O3S/c21-13(14-5-2-8-22-14)10-12-4-1-7-20(12)11-16-18-17(19-23-16)15-6-3-9-24-15/h2-3,5-6,8-9,12-13,21H,1,4,7,10-11H2. The predicted molar refractivity (Wildman–Crippen MR) is 89.3 cm³/mol. The van der Waals surface area contributed by atoms with E-state index in [0.717, 1.165) is 24.3 Å². The highest BCUT2D eigenvalue weighted by Crippen LogP contribution is 2.29. The molecule has 0 aliphatic carbocycles. The molecule has 1 aliphatic rings. The molecule has 126 valence electrons. The van der Waals surface area contributed by atoms with Crippen LogP contribution in [0.25, 0.3) is 10.7 Å². The summed E-state index contributed by atoms with van der Waals surface area (Å²) >= 11 is 1.60. The summed E-state index contributed by atoms with van der Waals surface area (Å²) in [5, 5.41) is 16.4. The highest BCUT2D eigenvalue weighted by Gasteiger charge is 2.29. The van der Waals surface area contributed by atoms with Crippen molar-refractivity contribution in [3.05, 3.63) is 47.6 Å². The van der Waals surface area contributed by atoms with E-state index in [4.69, 9.17) is 8.94 Å². The third-order valence-electron chi connectivity index (χ3n) is 4.41. The van der Waals surface area contributed by atoms with Crippen LogP contribution in [0.15, 0.2) is 44.8 Å². The van der Waals surface area contributed by atoms with E-state index in [1.54, 1.807) is 23.7 Å². The van der Waals surface area contributed by atoms with Crippen LogP contribution in [0.3, 0.4) is 0 Å². The van der Waals surface area contributed by atoms with Crippen molar-refractivity contribution in [1.82, 2.24) is 15.0 Å². The lowest BCUT2D eigenvalue weighted by Crippen LogP contribution is -2.30. The lowest BCUT2D eigenvalue weighted by Gasteiger charge is -2.24. The average Bonchev–Trinajstić information content (AvgIpc) is 3.37. The Morgan fingerprint density at radius 1 is 1.38 bits per heavy atom. The highest BCUT2D eigenvalue weighted by atomic mass is 32.1. The number of furan rings is 1. The lowest BCUT2D eigenvalue weighted by molar-refractivity contribution is 0.0955. The van der Waals surface area contributed by atoms with E-state index < -0.39 is 6.10 Å². The molecule has 4 rings (SSSR count). The number of thiophene rings is 1. The normalized spacial score (nSPS) is 19.8. The molecule has 0 bridgehead atoms. The first-order valence-electron chi connectivity index (χ1n) is 8.11. The van der Waals surface area contributed by atoms with Gasteiger partial charge in [0.2, 0.25) is 11.7 Å². The Kier molecular flexibility index (Phi) is 4.46. The molecule has 1 N–H and O–H groups in total. The summed E-state index contributed by atoms with van der Waals surface area (Å²) in [5.41, 5.74) is 0. The van der Waals surface area contributed by atoms with Gasteiger partial charge in [0.15, 0.2) is 0 Å². The van der Waals surface area contributed by atoms with E-state index in [1.165, 1.54) is 0 Å². The van der Waals surface area contributed by atoms with Crippen LogP contribution in [0, 0.1) is 0 Å². The smallest absolute Gasteiger partial charge is 0.241 e. The summed E-state index contributed by atoms with van der Waals surface area (Å²) in [6.07, 6.45) is 3.84. The monoisotopic (exact) mass is 345 g/mol. The first kappa shape index (κ1) is 15.6. The van der Waals surface area contributed by atoms with Gasteiger partial charge in [-0.1, -0.05) is 11.2 Å². The van der Waals surface area contributed by atoms with Crippen LogP contribution in [0.2, 0.25) is 0 Å². The first-order valence-corrected chi connectivity index (χ1v) is 8.99. The maximum absolute atomic E-state index is 10.3. The zero-order chi connectivity index (χ0) is 16.4. The Balaban J connectivity index is 1.40. The molecular formula is C17H19N3O3S. The van der Waals surface area contributed by atoms with Gasteiger partial charge < -0.3 is 14.0 Å². The van der Waals surface area contributed by atoms with Gasteiger partial charge in [0.1, 0.15) is 11.9 Å². The zero-order valence-electron chi connectivity index (χ0n) is 13.2. The molecule has 1 saturated heterocycles. The van der Waals surface area contributed by atoms with Crippen molar-refractivity contribution in [2.45, 2.75) is 38.0 Å². The number of aromatic nitrogens is 2. The third kappa shape index (κ3) is 3.28. The number of hydrogen-bond acceptors (Lipinski definition) is 7. The van der Waals surface area contributed by atoms with Crippen molar-refractivity contribution < 1.29 is 14.0 Å². The minimum Gasteiger partial charge on any atom is -0.467 e. The van der Waals surface area contributed by atoms with Crippen LogP contribution in [0.1, 0.15) is 37.0 Å². The van der Waals surface area contributed by atoms with Crippen LogP contribution in [-0.2, 0) is 6.54 Å². The molecule has 0 spiro atoms. The minimum absolute atomic E-state index is 0.294. The topological polar surface area (TPSA) is 75.5 Å². The average molecular weight is 345 g/mol. The fourth-order valence-corrected chi connectivity index (χ4v) is 3.87. The first-order chi connectivity index (χ1) is 11.8. The molecule has 4 heterocycles. The van der Waals surface area contributed by atoms with Crippen LogP contribution < -0.4 is 0 Å². The Hall–Kier alpha value is -1.96. The fraction of sp³-hybridized carbons (Fsp3) is 0.412. The van der Waals surface area contributed by atoms with Gasteiger partial charge in [0, 0.05) is 6.04 Å². The Morgan fingerprint density at radius 3 is 3.12 bits per heavy atom. The Bertz CT molecular complexity index is 754. The van der Waals surface area contributed by atoms with Gasteiger partial charge in [0.25, 0.3) is 0 Å². The van der Waals surface area contributed by atoms with Crippen molar-refractivity contribution in [3.8, 4) is 10.7 Å². The van der Waals surface area contributed by atoms with Crippen LogP contribution >= 0.6 is 11.3 Å². The third-order valence-corrected chi connectivity index (χ3v) is 5.28. The summed E-state index contributed by atoms with van der Waals surface area (Å²) in [6.45, 7) is 1.60. The van der Waals surface area contributed by atoms with Crippen LogP contribution in [-0.4, -0.2) is 32.7 Å². The lowest BCUT2D eigenvalue weighted by atomic mass is 10.1. The number of nitrogens with zero attached hydrogens (tertiary/aromatic N) is 3. The molecule has 0 saturated carbocycles. The molecule has 3 aromatic rings. The molecular weight excluding hydrogens is 326 g/mol. The van der Waals surface area contributed by atoms with Crippen LogP contribution in [0.4, 0.5) is 0 Å². The van der Waals surface area contributed by atoms with Crippen molar-refractivity contribution in [2.75, 3.05) is 6.54 Å². The van der Waals surface area contributed by atoms with Gasteiger partial charge >= 0.3 is 0 Å². The maximum atomic E-state index is 10.3. The van der Waals surface area contributed by atoms with Gasteiger partial charge in [-0.15, -0.1) is 11.3 Å². The van der Waals surface area contributed by atoms with Gasteiger partial charge in [-0.25, -0.2) is 0 Å². The number of aliphatic hydroxyl groups excluding tert-OH is 1. The quantitative estimate of drug-likeness (QED) is 0.737. The van der Waals surface area contributed by atoms with Crippen LogP contribution in [0.5, 0.6) is 0 Å². The van der Waals surface area contributed by atoms with E-state index in [-0.39, 0.29) is 0 Å². The van der Waals surface area contributed by atoms with E-state index in [1.807, 2.05) is 23.6 Å². The summed E-state index contributed by atoms with van der Waals surface area (Å²) in [6, 6.07) is 7.87. The molecule has 3 aromatic heterocycles. The van der Waals surface area contributed by atoms with Crippen molar-refractivity contribution in [1.29, 1.82) is 0 Å². The molecule has 0 aromatic carbocycles. The molecule has 0 amide bonds. The second kappa shape index (κ2) is 6.88. The Labute approximate surface area is 143 Å². The van der Waals surface area contributed by atoms with Gasteiger partial charge in [0.05, 0.1) is 17.7 Å². The molecule has 7 heteroatoms. The Morgan fingerprint density at radius 2 is 2.33 bits per heavy atom. The zero-order valence-corrected chi connectivity index (χ0v) is 14.0. The highest BCUT2D eigenvalue weighted by molar-refractivity contribution is 7.13. The van der Waals surface area contributed by atoms with E-state index in [2.05, 4.69) is 15.0 Å². The number of aliphatic hydroxyl groups is 1. The number of rotatable bonds is 6. The largest absolute Gasteiger partial charge is 0.467 e. The fourth-order valence-electron chi connectivity index (χ4n) is 3.22. The molecule has 1 fully saturated rings. The second-order valence-corrected chi connectivity index (χ2v) is 6.97. The number of hydrogen-bond donors (Lipinski definition) is 1. The van der Waals surface area contributed by atoms with E-state index in [9.17, 15) is 5.11 Å². The molecule has 24 heavy (non-hydrogen) atoms. The minimum atomic E-state index is -0.574. The summed E-state index contributed by atoms with van der Waals surface area (Å²) in [7, 11) is 0. The summed E-state index contributed by atoms with van der Waals surface area (Å²) < 4.78 is 10.7. The van der Waals surface area contributed by atoms with E-state index in [0.29, 0.717) is 36.5 Å². The van der Waals surface area contributed by atoms with Crippen molar-refractivity contribution in [2.24, 2.45) is 0 Å². The molecule has 6 nitrogen and oxygen atoms in total. The molecule has 1 aliphatic heterocycles. The van der Waals surface area contributed by atoms with E-state index >= 15 is 0 Å². The number of likely N-dealkylation sites (tertiary alicyclic amines) is 1.